The molecular weight excluding hydrogens is 318 g/mol. The quantitative estimate of drug-likeness (QED) is 0.784. The zero-order valence-corrected chi connectivity index (χ0v) is 14.1. The van der Waals surface area contributed by atoms with Gasteiger partial charge >= 0.3 is 0 Å². The molecule has 4 rings (SSSR count). The third kappa shape index (κ3) is 3.19. The summed E-state index contributed by atoms with van der Waals surface area (Å²) >= 11 is 0. The molecule has 3 heterocycles. The van der Waals surface area contributed by atoms with Crippen LogP contribution in [-0.2, 0) is 6.54 Å². The Labute approximate surface area is 146 Å². The van der Waals surface area contributed by atoms with Crippen molar-refractivity contribution in [2.45, 2.75) is 25.4 Å². The van der Waals surface area contributed by atoms with Crippen LogP contribution in [0.25, 0.3) is 0 Å². The van der Waals surface area contributed by atoms with Gasteiger partial charge in [-0.3, -0.25) is 4.79 Å². The van der Waals surface area contributed by atoms with Crippen molar-refractivity contribution in [1.82, 2.24) is 15.1 Å². The van der Waals surface area contributed by atoms with Crippen molar-refractivity contribution in [2.24, 2.45) is 11.7 Å². The minimum Gasteiger partial charge on any atom is -0.493 e. The lowest BCUT2D eigenvalue weighted by Crippen LogP contribution is -2.37. The summed E-state index contributed by atoms with van der Waals surface area (Å²) in [4.78, 5) is 11.4. The van der Waals surface area contributed by atoms with Crippen molar-refractivity contribution in [3.8, 4) is 5.75 Å². The molecule has 0 saturated carbocycles. The number of nitrogens with one attached hydrogen (secondary N) is 2. The number of rotatable bonds is 4. The van der Waals surface area contributed by atoms with Gasteiger partial charge in [0.05, 0.1) is 12.8 Å². The van der Waals surface area contributed by atoms with E-state index >= 15 is 0 Å². The van der Waals surface area contributed by atoms with E-state index in [1.54, 1.807) is 6.20 Å². The predicted octanol–water partition coefficient (Wildman–Crippen LogP) is 1.53. The first-order valence-corrected chi connectivity index (χ1v) is 8.77. The Morgan fingerprint density at radius 2 is 2.32 bits per heavy atom. The molecular formula is C18H23N5O2. The van der Waals surface area contributed by atoms with E-state index in [4.69, 9.17) is 10.5 Å². The van der Waals surface area contributed by atoms with Crippen LogP contribution in [0.3, 0.4) is 0 Å². The van der Waals surface area contributed by atoms with Crippen LogP contribution in [0, 0.1) is 5.92 Å². The second kappa shape index (κ2) is 6.76. The van der Waals surface area contributed by atoms with E-state index in [1.165, 1.54) is 5.56 Å². The van der Waals surface area contributed by atoms with E-state index in [2.05, 4.69) is 27.9 Å². The van der Waals surface area contributed by atoms with E-state index in [0.29, 0.717) is 17.5 Å². The molecule has 2 aliphatic rings. The molecule has 2 aromatic rings. The number of anilines is 1. The molecule has 0 radical (unpaired) electrons. The number of nitrogens with zero attached hydrogens (tertiary/aromatic N) is 2. The fourth-order valence-corrected chi connectivity index (χ4v) is 3.62. The fraction of sp³-hybridized carbons (Fsp3) is 0.444. The lowest BCUT2D eigenvalue weighted by atomic mass is 10.0. The maximum absolute atomic E-state index is 11.4. The van der Waals surface area contributed by atoms with Gasteiger partial charge in [0.25, 0.3) is 5.91 Å². The molecule has 2 atom stereocenters. The van der Waals surface area contributed by atoms with Crippen LogP contribution < -0.4 is 21.1 Å². The Hall–Kier alpha value is -2.54. The van der Waals surface area contributed by atoms with Gasteiger partial charge in [-0.2, -0.15) is 5.10 Å². The Kier molecular flexibility index (Phi) is 4.31. The molecule has 25 heavy (non-hydrogen) atoms. The molecule has 0 saturated heterocycles. The van der Waals surface area contributed by atoms with Crippen molar-refractivity contribution in [2.75, 3.05) is 25.0 Å². The Bertz CT molecular complexity index is 773. The molecule has 0 spiro atoms. The number of para-hydroxylation sites is 1. The van der Waals surface area contributed by atoms with Gasteiger partial charge in [-0.05, 0) is 18.9 Å². The summed E-state index contributed by atoms with van der Waals surface area (Å²) in [7, 11) is 0. The number of carbonyl (C=O) groups is 1. The third-order valence-electron chi connectivity index (χ3n) is 4.94. The SMILES string of the molecule is NC(=O)c1cnn2c1NC[C@@H](CN[C@@H]1CCCOc3ccccc31)C2. The maximum Gasteiger partial charge on any atom is 0.254 e. The Morgan fingerprint density at radius 3 is 3.20 bits per heavy atom. The topological polar surface area (TPSA) is 94.2 Å². The molecule has 1 aromatic heterocycles. The number of fused-ring (bicyclic) bond motifs is 2. The molecule has 7 nitrogen and oxygen atoms in total. The highest BCUT2D eigenvalue weighted by atomic mass is 16.5. The Morgan fingerprint density at radius 1 is 1.44 bits per heavy atom. The van der Waals surface area contributed by atoms with Crippen molar-refractivity contribution < 1.29 is 9.53 Å². The molecule has 0 unspecified atom stereocenters. The minimum atomic E-state index is -0.444. The summed E-state index contributed by atoms with van der Waals surface area (Å²) in [5.74, 6) is 1.67. The number of aromatic nitrogens is 2. The zero-order valence-electron chi connectivity index (χ0n) is 14.1. The van der Waals surface area contributed by atoms with Crippen LogP contribution in [0.4, 0.5) is 5.82 Å². The normalized spacial score (nSPS) is 22.1. The van der Waals surface area contributed by atoms with Crippen LogP contribution >= 0.6 is 0 Å². The number of hydrogen-bond donors (Lipinski definition) is 3. The summed E-state index contributed by atoms with van der Waals surface area (Å²) in [6, 6.07) is 8.56. The number of hydrogen-bond acceptors (Lipinski definition) is 5. The number of ether oxygens (including phenoxy) is 1. The molecule has 1 amide bonds. The highest BCUT2D eigenvalue weighted by molar-refractivity contribution is 5.97. The first-order valence-electron chi connectivity index (χ1n) is 8.77. The van der Waals surface area contributed by atoms with Crippen molar-refractivity contribution >= 4 is 11.7 Å². The van der Waals surface area contributed by atoms with Crippen molar-refractivity contribution in [3.05, 3.63) is 41.6 Å². The minimum absolute atomic E-state index is 0.305. The van der Waals surface area contributed by atoms with Crippen LogP contribution in [0.15, 0.2) is 30.5 Å². The van der Waals surface area contributed by atoms with Crippen LogP contribution in [0.5, 0.6) is 5.75 Å². The van der Waals surface area contributed by atoms with Crippen LogP contribution in [0.2, 0.25) is 0 Å². The van der Waals surface area contributed by atoms with Gasteiger partial charge < -0.3 is 21.1 Å². The van der Waals surface area contributed by atoms with Crippen molar-refractivity contribution in [3.63, 3.8) is 0 Å². The van der Waals surface area contributed by atoms with E-state index in [-0.39, 0.29) is 0 Å². The number of nitrogens with two attached hydrogens (primary N) is 1. The van der Waals surface area contributed by atoms with E-state index in [1.807, 2.05) is 16.8 Å². The monoisotopic (exact) mass is 341 g/mol. The number of carbonyl (C=O) groups excluding carboxylic acids is 1. The average Bonchev–Trinajstić information content (AvgIpc) is 2.94. The van der Waals surface area contributed by atoms with E-state index in [0.717, 1.165) is 50.7 Å². The van der Waals surface area contributed by atoms with Gasteiger partial charge in [0.2, 0.25) is 0 Å². The third-order valence-corrected chi connectivity index (χ3v) is 4.94. The number of amides is 1. The molecule has 132 valence electrons. The highest BCUT2D eigenvalue weighted by Gasteiger charge is 2.25. The van der Waals surface area contributed by atoms with Gasteiger partial charge in [0.15, 0.2) is 0 Å². The van der Waals surface area contributed by atoms with Gasteiger partial charge in [-0.15, -0.1) is 0 Å². The fourth-order valence-electron chi connectivity index (χ4n) is 3.62. The first-order chi connectivity index (χ1) is 12.2. The molecule has 0 aliphatic carbocycles. The molecule has 4 N–H and O–H groups in total. The Balaban J connectivity index is 1.41. The van der Waals surface area contributed by atoms with Gasteiger partial charge in [-0.1, -0.05) is 18.2 Å². The molecule has 2 aliphatic heterocycles. The lowest BCUT2D eigenvalue weighted by molar-refractivity contribution is 0.100. The summed E-state index contributed by atoms with van der Waals surface area (Å²) in [6.45, 7) is 3.21. The molecule has 7 heteroatoms. The van der Waals surface area contributed by atoms with Crippen LogP contribution in [0.1, 0.15) is 34.8 Å². The van der Waals surface area contributed by atoms with Gasteiger partial charge in [0.1, 0.15) is 17.1 Å². The summed E-state index contributed by atoms with van der Waals surface area (Å²) in [6.07, 6.45) is 3.65. The van der Waals surface area contributed by atoms with E-state index < -0.39 is 5.91 Å². The van der Waals surface area contributed by atoms with Crippen LogP contribution in [-0.4, -0.2) is 35.4 Å². The van der Waals surface area contributed by atoms with Crippen molar-refractivity contribution in [1.29, 1.82) is 0 Å². The predicted molar refractivity (Wildman–Crippen MR) is 94.6 cm³/mol. The molecule has 1 aromatic carbocycles. The number of benzene rings is 1. The lowest BCUT2D eigenvalue weighted by Gasteiger charge is -2.28. The maximum atomic E-state index is 11.4. The largest absolute Gasteiger partial charge is 0.493 e. The summed E-state index contributed by atoms with van der Waals surface area (Å²) < 4.78 is 7.67. The number of primary amides is 1. The first kappa shape index (κ1) is 16.0. The summed E-state index contributed by atoms with van der Waals surface area (Å²) in [5, 5.41) is 11.3. The second-order valence-corrected chi connectivity index (χ2v) is 6.69. The molecule has 0 bridgehead atoms. The van der Waals surface area contributed by atoms with Gasteiger partial charge in [0, 0.05) is 37.2 Å². The second-order valence-electron chi connectivity index (χ2n) is 6.69. The smallest absolute Gasteiger partial charge is 0.254 e. The van der Waals surface area contributed by atoms with Gasteiger partial charge in [-0.25, -0.2) is 4.68 Å². The standard InChI is InChI=1S/C18H23N5O2/c19-17(24)14-10-22-23-11-12(9-21-18(14)23)8-20-15-5-3-7-25-16-6-2-1-4-13(15)16/h1-2,4,6,10,12,15,20-21H,3,5,7-9,11H2,(H2,19,24)/t12-,15-/m1/s1. The average molecular weight is 341 g/mol. The van der Waals surface area contributed by atoms with E-state index in [9.17, 15) is 4.79 Å². The highest BCUT2D eigenvalue weighted by Crippen LogP contribution is 2.31. The summed E-state index contributed by atoms with van der Waals surface area (Å²) in [5.41, 5.74) is 7.07. The molecule has 0 fully saturated rings. The zero-order chi connectivity index (χ0) is 17.2.